The first-order chi connectivity index (χ1) is 14.4. The number of benzene rings is 1. The van der Waals surface area contributed by atoms with Gasteiger partial charge in [-0.3, -0.25) is 0 Å². The molecule has 9 heteroatoms. The molecule has 3 rings (SSSR count). The number of carbonyl (C=O) groups excluding carboxylic acids is 1. The van der Waals surface area contributed by atoms with Crippen LogP contribution in [0.3, 0.4) is 0 Å². The third-order valence-corrected chi connectivity index (χ3v) is 6.34. The smallest absolute Gasteiger partial charge is 0.360 e. The Labute approximate surface area is 176 Å². The zero-order valence-corrected chi connectivity index (χ0v) is 18.0. The molecular weight excluding hydrogens is 408 g/mol. The van der Waals surface area contributed by atoms with Crippen molar-refractivity contribution in [3.63, 3.8) is 0 Å². The Hall–Kier alpha value is -2.65. The van der Waals surface area contributed by atoms with E-state index in [1.165, 1.54) is 31.2 Å². The first kappa shape index (κ1) is 22.0. The van der Waals surface area contributed by atoms with E-state index in [-0.39, 0.29) is 28.7 Å². The maximum atomic E-state index is 12.9. The molecular formula is C21H26N2O6S. The zero-order valence-electron chi connectivity index (χ0n) is 17.1. The second-order valence-electron chi connectivity index (χ2n) is 6.92. The van der Waals surface area contributed by atoms with Crippen LogP contribution in [0, 0.1) is 0 Å². The molecule has 0 bridgehead atoms. The van der Waals surface area contributed by atoms with Gasteiger partial charge in [-0.1, -0.05) is 16.8 Å². The Morgan fingerprint density at radius 1 is 1.27 bits per heavy atom. The van der Waals surface area contributed by atoms with E-state index in [9.17, 15) is 13.2 Å². The molecule has 1 aliphatic rings. The predicted molar refractivity (Wildman–Crippen MR) is 111 cm³/mol. The lowest BCUT2D eigenvalue weighted by Crippen LogP contribution is -2.25. The fourth-order valence-electron chi connectivity index (χ4n) is 3.31. The molecule has 1 heterocycles. The van der Waals surface area contributed by atoms with Gasteiger partial charge < -0.3 is 14.0 Å². The minimum atomic E-state index is -3.81. The first-order valence-electron chi connectivity index (χ1n) is 9.94. The molecule has 0 radical (unpaired) electrons. The molecule has 0 saturated carbocycles. The highest BCUT2D eigenvalue weighted by Gasteiger charge is 2.22. The van der Waals surface area contributed by atoms with Gasteiger partial charge in [-0.25, -0.2) is 17.9 Å². The van der Waals surface area contributed by atoms with Gasteiger partial charge in [0.05, 0.1) is 13.7 Å². The second-order valence-corrected chi connectivity index (χ2v) is 8.65. The Kier molecular flexibility index (Phi) is 7.28. The number of nitrogens with zero attached hydrogens (tertiary/aromatic N) is 1. The molecule has 0 saturated heterocycles. The molecule has 0 atom stereocenters. The predicted octanol–water partition coefficient (Wildman–Crippen LogP) is 3.70. The molecule has 0 amide bonds. The maximum Gasteiger partial charge on any atom is 0.360 e. The average molecular weight is 435 g/mol. The van der Waals surface area contributed by atoms with E-state index in [0.29, 0.717) is 18.5 Å². The van der Waals surface area contributed by atoms with Gasteiger partial charge >= 0.3 is 5.97 Å². The lowest BCUT2D eigenvalue weighted by molar-refractivity contribution is 0.0514. The largest absolute Gasteiger partial charge is 0.495 e. The Balaban J connectivity index is 1.79. The summed E-state index contributed by atoms with van der Waals surface area (Å²) in [5, 5.41) is 3.69. The highest BCUT2D eigenvalue weighted by molar-refractivity contribution is 7.89. The van der Waals surface area contributed by atoms with Gasteiger partial charge in [-0.05, 0) is 57.2 Å². The highest BCUT2D eigenvalue weighted by atomic mass is 32.2. The van der Waals surface area contributed by atoms with E-state index < -0.39 is 16.0 Å². The molecule has 162 valence electrons. The number of hydrogen-bond acceptors (Lipinski definition) is 7. The fourth-order valence-corrected chi connectivity index (χ4v) is 4.53. The summed E-state index contributed by atoms with van der Waals surface area (Å²) in [6.45, 7) is 2.22. The summed E-state index contributed by atoms with van der Waals surface area (Å²) < 4.78 is 43.8. The number of allylic oxidation sites excluding steroid dienone is 1. The van der Waals surface area contributed by atoms with Crippen molar-refractivity contribution in [3.05, 3.63) is 41.6 Å². The lowest BCUT2D eigenvalue weighted by Gasteiger charge is -2.14. The van der Waals surface area contributed by atoms with Crippen LogP contribution in [0.1, 0.15) is 49.5 Å². The number of rotatable bonds is 9. The van der Waals surface area contributed by atoms with Crippen LogP contribution in [0.15, 0.2) is 45.3 Å². The van der Waals surface area contributed by atoms with Crippen molar-refractivity contribution in [2.45, 2.75) is 43.9 Å². The van der Waals surface area contributed by atoms with E-state index >= 15 is 0 Å². The van der Waals surface area contributed by atoms with Crippen molar-refractivity contribution in [1.29, 1.82) is 0 Å². The first-order valence-corrected chi connectivity index (χ1v) is 11.4. The minimum absolute atomic E-state index is 0.00536. The van der Waals surface area contributed by atoms with Crippen LogP contribution >= 0.6 is 0 Å². The summed E-state index contributed by atoms with van der Waals surface area (Å²) in [6.07, 6.45) is 7.31. The number of ether oxygens (including phenoxy) is 2. The van der Waals surface area contributed by atoms with Crippen LogP contribution in [-0.4, -0.2) is 39.8 Å². The van der Waals surface area contributed by atoms with Crippen LogP contribution in [0.4, 0.5) is 0 Å². The minimum Gasteiger partial charge on any atom is -0.495 e. The van der Waals surface area contributed by atoms with Crippen LogP contribution in [0.5, 0.6) is 5.75 Å². The lowest BCUT2D eigenvalue weighted by atomic mass is 9.97. The molecule has 30 heavy (non-hydrogen) atoms. The van der Waals surface area contributed by atoms with E-state index in [1.54, 1.807) is 19.1 Å². The number of methoxy groups -OCH3 is 1. The number of esters is 1. The molecule has 1 N–H and O–H groups in total. The van der Waals surface area contributed by atoms with Crippen molar-refractivity contribution >= 4 is 16.0 Å². The van der Waals surface area contributed by atoms with Crippen molar-refractivity contribution in [3.8, 4) is 17.1 Å². The van der Waals surface area contributed by atoms with Gasteiger partial charge in [0, 0.05) is 18.2 Å². The molecule has 0 unspecified atom stereocenters. The van der Waals surface area contributed by atoms with E-state index in [4.69, 9.17) is 14.0 Å². The van der Waals surface area contributed by atoms with Crippen molar-refractivity contribution < 1.29 is 27.2 Å². The van der Waals surface area contributed by atoms with E-state index in [0.717, 1.165) is 19.3 Å². The second kappa shape index (κ2) is 9.90. The molecule has 0 aliphatic heterocycles. The fraction of sp³-hybridized carbons (Fsp3) is 0.429. The Bertz CT molecular complexity index is 1030. The molecule has 1 aromatic carbocycles. The molecule has 1 aromatic heterocycles. The van der Waals surface area contributed by atoms with Crippen LogP contribution in [0.25, 0.3) is 11.3 Å². The van der Waals surface area contributed by atoms with Gasteiger partial charge in [-0.2, -0.15) is 0 Å². The van der Waals surface area contributed by atoms with Gasteiger partial charge in [0.15, 0.2) is 11.5 Å². The van der Waals surface area contributed by atoms with Crippen LogP contribution in [0.2, 0.25) is 0 Å². The zero-order chi connectivity index (χ0) is 21.6. The quantitative estimate of drug-likeness (QED) is 0.474. The SMILES string of the molecule is CCOC(=O)c1cc(-c2ccc(OC)c(S(=O)(=O)NCCC3=CCCCC3)c2)on1. The van der Waals surface area contributed by atoms with Gasteiger partial charge in [0.2, 0.25) is 10.0 Å². The number of sulfonamides is 1. The number of nitrogens with one attached hydrogen (secondary N) is 1. The molecule has 8 nitrogen and oxygen atoms in total. The van der Waals surface area contributed by atoms with Crippen molar-refractivity contribution in [1.82, 2.24) is 9.88 Å². The third kappa shape index (κ3) is 5.28. The number of aromatic nitrogens is 1. The van der Waals surface area contributed by atoms with E-state index in [2.05, 4.69) is 16.0 Å². The summed E-state index contributed by atoms with van der Waals surface area (Å²) >= 11 is 0. The normalized spacial score (nSPS) is 14.3. The standard InChI is InChI=1S/C21H26N2O6S/c1-3-28-21(24)17-14-19(29-23-17)16-9-10-18(27-2)20(13-16)30(25,26)22-12-11-15-7-5-4-6-8-15/h7,9-10,13-14,22H,3-6,8,11-12H2,1-2H3. The third-order valence-electron chi connectivity index (χ3n) is 4.86. The van der Waals surface area contributed by atoms with Gasteiger partial charge in [-0.15, -0.1) is 0 Å². The molecule has 0 fully saturated rings. The maximum absolute atomic E-state index is 12.9. The number of carbonyl (C=O) groups is 1. The number of hydrogen-bond donors (Lipinski definition) is 1. The Morgan fingerprint density at radius 3 is 2.80 bits per heavy atom. The summed E-state index contributed by atoms with van der Waals surface area (Å²) in [5.74, 6) is -0.134. The molecule has 1 aliphatic carbocycles. The van der Waals surface area contributed by atoms with Gasteiger partial charge in [0.1, 0.15) is 10.6 Å². The van der Waals surface area contributed by atoms with Gasteiger partial charge in [0.25, 0.3) is 0 Å². The van der Waals surface area contributed by atoms with Crippen molar-refractivity contribution in [2.75, 3.05) is 20.3 Å². The summed E-state index contributed by atoms with van der Waals surface area (Å²) in [5.41, 5.74) is 1.76. The van der Waals surface area contributed by atoms with E-state index in [1.807, 2.05) is 0 Å². The summed E-state index contributed by atoms with van der Waals surface area (Å²) in [6, 6.07) is 6.04. The van der Waals surface area contributed by atoms with Crippen molar-refractivity contribution in [2.24, 2.45) is 0 Å². The monoisotopic (exact) mass is 434 g/mol. The summed E-state index contributed by atoms with van der Waals surface area (Å²) in [7, 11) is -2.40. The Morgan fingerprint density at radius 2 is 2.10 bits per heavy atom. The highest BCUT2D eigenvalue weighted by Crippen LogP contribution is 2.30. The molecule has 2 aromatic rings. The average Bonchev–Trinajstić information content (AvgIpc) is 3.24. The van der Waals surface area contributed by atoms with Crippen LogP contribution in [-0.2, 0) is 14.8 Å². The topological polar surface area (TPSA) is 108 Å². The molecule has 0 spiro atoms. The summed E-state index contributed by atoms with van der Waals surface area (Å²) in [4.78, 5) is 11.8. The van der Waals surface area contributed by atoms with Crippen LogP contribution < -0.4 is 9.46 Å².